The van der Waals surface area contributed by atoms with Crippen molar-refractivity contribution in [2.75, 3.05) is 13.1 Å². The predicted octanol–water partition coefficient (Wildman–Crippen LogP) is 4.15. The second kappa shape index (κ2) is 6.64. The van der Waals surface area contributed by atoms with Gasteiger partial charge in [-0.3, -0.25) is 4.79 Å². The fourth-order valence-electron chi connectivity index (χ4n) is 3.92. The lowest BCUT2D eigenvalue weighted by Crippen LogP contribution is -2.33. The summed E-state index contributed by atoms with van der Waals surface area (Å²) in [6, 6.07) is 8.71. The van der Waals surface area contributed by atoms with Crippen LogP contribution in [-0.4, -0.2) is 23.9 Å². The molecule has 2 heteroatoms. The minimum absolute atomic E-state index is 0.380. The van der Waals surface area contributed by atoms with Crippen molar-refractivity contribution in [3.05, 3.63) is 35.4 Å². The Morgan fingerprint density at radius 3 is 2.90 bits per heavy atom. The van der Waals surface area contributed by atoms with E-state index in [9.17, 15) is 4.79 Å². The van der Waals surface area contributed by atoms with Crippen LogP contribution in [0.5, 0.6) is 0 Å². The smallest absolute Gasteiger partial charge is 0.223 e. The lowest BCUT2D eigenvalue weighted by molar-refractivity contribution is -0.131. The van der Waals surface area contributed by atoms with E-state index in [1.165, 1.54) is 49.7 Å². The number of carbonyl (C=O) groups is 1. The molecule has 2 aliphatic rings. The van der Waals surface area contributed by atoms with E-state index in [1.807, 2.05) is 0 Å². The largest absolute Gasteiger partial charge is 0.343 e. The quantitative estimate of drug-likeness (QED) is 0.799. The molecule has 1 aromatic rings. The van der Waals surface area contributed by atoms with Crippen molar-refractivity contribution in [3.8, 4) is 0 Å². The van der Waals surface area contributed by atoms with Gasteiger partial charge >= 0.3 is 0 Å². The lowest BCUT2D eigenvalue weighted by atomic mass is 9.81. The predicted molar refractivity (Wildman–Crippen MR) is 86.3 cm³/mol. The molecule has 0 aromatic heterocycles. The molecule has 2 nitrogen and oxygen atoms in total. The second-order valence-electron chi connectivity index (χ2n) is 6.91. The molecule has 0 spiro atoms. The molecule has 1 heterocycles. The molecule has 0 N–H and O–H groups in total. The number of hydrogen-bond donors (Lipinski definition) is 0. The van der Waals surface area contributed by atoms with Crippen molar-refractivity contribution in [2.24, 2.45) is 5.92 Å². The van der Waals surface area contributed by atoms with Crippen LogP contribution in [0, 0.1) is 5.92 Å². The Balaban J connectivity index is 1.65. The third-order valence-corrected chi connectivity index (χ3v) is 5.28. The first kappa shape index (κ1) is 14.6. The summed E-state index contributed by atoms with van der Waals surface area (Å²) in [6.07, 6.45) is 7.92. The zero-order valence-corrected chi connectivity index (χ0v) is 13.2. The van der Waals surface area contributed by atoms with Crippen molar-refractivity contribution in [3.63, 3.8) is 0 Å². The Morgan fingerprint density at radius 2 is 2.00 bits per heavy atom. The number of aryl methyl sites for hydroxylation is 1. The first-order valence-corrected chi connectivity index (χ1v) is 8.59. The summed E-state index contributed by atoms with van der Waals surface area (Å²) in [5.41, 5.74) is 2.89. The van der Waals surface area contributed by atoms with Gasteiger partial charge in [0.1, 0.15) is 0 Å². The van der Waals surface area contributed by atoms with Gasteiger partial charge in [0.2, 0.25) is 5.91 Å². The minimum atomic E-state index is 0.380. The van der Waals surface area contributed by atoms with Gasteiger partial charge in [-0.1, -0.05) is 31.2 Å². The van der Waals surface area contributed by atoms with Crippen LogP contribution in [0.15, 0.2) is 24.3 Å². The number of fused-ring (bicyclic) bond motifs is 1. The Morgan fingerprint density at radius 1 is 1.14 bits per heavy atom. The van der Waals surface area contributed by atoms with E-state index in [1.54, 1.807) is 0 Å². The Hall–Kier alpha value is -1.31. The van der Waals surface area contributed by atoms with Gasteiger partial charge in [-0.2, -0.15) is 0 Å². The molecule has 1 fully saturated rings. The summed E-state index contributed by atoms with van der Waals surface area (Å²) in [4.78, 5) is 14.8. The number of rotatable bonds is 2. The van der Waals surface area contributed by atoms with Gasteiger partial charge in [0.25, 0.3) is 0 Å². The van der Waals surface area contributed by atoms with Gasteiger partial charge < -0.3 is 4.90 Å². The molecule has 0 saturated carbocycles. The highest BCUT2D eigenvalue weighted by Crippen LogP contribution is 2.34. The maximum absolute atomic E-state index is 12.7. The fraction of sp³-hybridized carbons (Fsp3) is 0.632. The summed E-state index contributed by atoms with van der Waals surface area (Å²) in [7, 11) is 0. The molecule has 3 rings (SSSR count). The van der Waals surface area contributed by atoms with Crippen LogP contribution in [0.25, 0.3) is 0 Å². The third-order valence-electron chi connectivity index (χ3n) is 5.28. The van der Waals surface area contributed by atoms with Crippen molar-refractivity contribution >= 4 is 5.91 Å². The average molecular weight is 285 g/mol. The van der Waals surface area contributed by atoms with E-state index in [2.05, 4.69) is 36.1 Å². The molecule has 0 radical (unpaired) electrons. The molecule has 2 atom stereocenters. The molecule has 1 aromatic carbocycles. The van der Waals surface area contributed by atoms with Crippen LogP contribution in [-0.2, 0) is 11.2 Å². The molecule has 1 saturated heterocycles. The summed E-state index contributed by atoms with van der Waals surface area (Å²) in [5.74, 6) is 1.60. The molecule has 0 bridgehead atoms. The summed E-state index contributed by atoms with van der Waals surface area (Å²) in [5, 5.41) is 0. The van der Waals surface area contributed by atoms with Crippen molar-refractivity contribution < 1.29 is 4.79 Å². The molecule has 114 valence electrons. The highest BCUT2D eigenvalue weighted by molar-refractivity contribution is 5.77. The maximum Gasteiger partial charge on any atom is 0.223 e. The molecule has 1 aliphatic carbocycles. The lowest BCUT2D eigenvalue weighted by Gasteiger charge is -2.28. The van der Waals surface area contributed by atoms with E-state index in [-0.39, 0.29) is 0 Å². The molecule has 1 aliphatic heterocycles. The Bertz CT molecular complexity index is 496. The van der Waals surface area contributed by atoms with Crippen LogP contribution >= 0.6 is 0 Å². The van der Waals surface area contributed by atoms with Crippen molar-refractivity contribution in [1.82, 2.24) is 4.90 Å². The van der Waals surface area contributed by atoms with Gasteiger partial charge in [0.05, 0.1) is 0 Å². The van der Waals surface area contributed by atoms with Gasteiger partial charge in [0.15, 0.2) is 0 Å². The van der Waals surface area contributed by atoms with Crippen molar-refractivity contribution in [1.29, 1.82) is 0 Å². The van der Waals surface area contributed by atoms with E-state index < -0.39 is 0 Å². The second-order valence-corrected chi connectivity index (χ2v) is 6.91. The molecular formula is C19H27NO. The number of amides is 1. The normalized spacial score (nSPS) is 26.0. The maximum atomic E-state index is 12.7. The van der Waals surface area contributed by atoms with E-state index in [0.29, 0.717) is 18.2 Å². The Labute approximate surface area is 128 Å². The number of hydrogen-bond acceptors (Lipinski definition) is 1. The van der Waals surface area contributed by atoms with E-state index >= 15 is 0 Å². The molecule has 1 amide bonds. The number of benzene rings is 1. The summed E-state index contributed by atoms with van der Waals surface area (Å²) < 4.78 is 0. The van der Waals surface area contributed by atoms with Crippen LogP contribution in [0.3, 0.4) is 0 Å². The number of carbonyl (C=O) groups excluding carboxylic acids is 1. The first-order valence-electron chi connectivity index (χ1n) is 8.59. The number of likely N-dealkylation sites (tertiary alicyclic amines) is 1. The monoisotopic (exact) mass is 285 g/mol. The highest BCUT2D eigenvalue weighted by atomic mass is 16.2. The molecular weight excluding hydrogens is 258 g/mol. The topological polar surface area (TPSA) is 20.3 Å². The van der Waals surface area contributed by atoms with Gasteiger partial charge in [0, 0.05) is 19.5 Å². The average Bonchev–Trinajstić information content (AvgIpc) is 2.72. The fourth-order valence-corrected chi connectivity index (χ4v) is 3.92. The Kier molecular flexibility index (Phi) is 4.62. The molecule has 21 heavy (non-hydrogen) atoms. The minimum Gasteiger partial charge on any atom is -0.343 e. The van der Waals surface area contributed by atoms with E-state index in [0.717, 1.165) is 19.0 Å². The first-order chi connectivity index (χ1) is 10.2. The summed E-state index contributed by atoms with van der Waals surface area (Å²) >= 11 is 0. The standard InChI is InChI=1S/C19H27NO/c1-15-6-5-12-20(13-11-15)19(21)14-17-9-4-8-16-7-2-3-10-18(16)17/h2-3,7,10,15,17H,4-6,8-9,11-14H2,1H3. The highest BCUT2D eigenvalue weighted by Gasteiger charge is 2.25. The SMILES string of the molecule is CC1CCCN(C(=O)CC2CCCc3ccccc32)CC1. The van der Waals surface area contributed by atoms with Crippen LogP contribution < -0.4 is 0 Å². The van der Waals surface area contributed by atoms with Crippen molar-refractivity contribution in [2.45, 2.75) is 57.8 Å². The van der Waals surface area contributed by atoms with Crippen LogP contribution in [0.4, 0.5) is 0 Å². The van der Waals surface area contributed by atoms with Gasteiger partial charge in [-0.25, -0.2) is 0 Å². The van der Waals surface area contributed by atoms with Crippen LogP contribution in [0.2, 0.25) is 0 Å². The van der Waals surface area contributed by atoms with Crippen LogP contribution in [0.1, 0.15) is 62.5 Å². The molecule has 2 unspecified atom stereocenters. The zero-order valence-electron chi connectivity index (χ0n) is 13.2. The summed E-state index contributed by atoms with van der Waals surface area (Å²) in [6.45, 7) is 4.25. The zero-order chi connectivity index (χ0) is 14.7. The van der Waals surface area contributed by atoms with Gasteiger partial charge in [-0.05, 0) is 61.5 Å². The third kappa shape index (κ3) is 3.48. The number of nitrogens with zero attached hydrogens (tertiary/aromatic N) is 1. The van der Waals surface area contributed by atoms with E-state index in [4.69, 9.17) is 0 Å². The van der Waals surface area contributed by atoms with Gasteiger partial charge in [-0.15, -0.1) is 0 Å².